The van der Waals surface area contributed by atoms with Gasteiger partial charge in [-0.3, -0.25) is 0 Å². The molecule has 0 aromatic heterocycles. The Morgan fingerprint density at radius 3 is 2.53 bits per heavy atom. The standard InChI is InChI=1S/C9H21N3O2S/c1-2-3-7-12(8-6-10)15(13,14)11-9-4-5-9/h9,11H,2-8,10H2,1H3. The van der Waals surface area contributed by atoms with Crippen LogP contribution < -0.4 is 10.5 Å². The van der Waals surface area contributed by atoms with Crippen LogP contribution in [0, 0.1) is 0 Å². The maximum Gasteiger partial charge on any atom is 0.279 e. The molecule has 1 aliphatic carbocycles. The molecule has 5 nitrogen and oxygen atoms in total. The first-order valence-electron chi connectivity index (χ1n) is 5.57. The summed E-state index contributed by atoms with van der Waals surface area (Å²) in [6.07, 6.45) is 3.79. The van der Waals surface area contributed by atoms with Gasteiger partial charge in [0.1, 0.15) is 0 Å². The summed E-state index contributed by atoms with van der Waals surface area (Å²) in [5.41, 5.74) is 5.41. The zero-order valence-corrected chi connectivity index (χ0v) is 10.1. The van der Waals surface area contributed by atoms with Crippen molar-refractivity contribution in [3.05, 3.63) is 0 Å². The maximum atomic E-state index is 11.8. The molecule has 15 heavy (non-hydrogen) atoms. The van der Waals surface area contributed by atoms with Crippen molar-refractivity contribution < 1.29 is 8.42 Å². The molecule has 1 rings (SSSR count). The first-order valence-corrected chi connectivity index (χ1v) is 7.01. The lowest BCUT2D eigenvalue weighted by molar-refractivity contribution is 0.402. The number of nitrogens with zero attached hydrogens (tertiary/aromatic N) is 1. The van der Waals surface area contributed by atoms with Gasteiger partial charge in [0.2, 0.25) is 0 Å². The number of nitrogens with two attached hydrogens (primary N) is 1. The number of hydrogen-bond donors (Lipinski definition) is 2. The molecular formula is C9H21N3O2S. The normalized spacial score (nSPS) is 17.3. The van der Waals surface area contributed by atoms with Gasteiger partial charge in [-0.05, 0) is 19.3 Å². The quantitative estimate of drug-likeness (QED) is 0.624. The highest BCUT2D eigenvalue weighted by atomic mass is 32.2. The minimum atomic E-state index is -3.29. The topological polar surface area (TPSA) is 75.4 Å². The van der Waals surface area contributed by atoms with E-state index < -0.39 is 10.2 Å². The van der Waals surface area contributed by atoms with E-state index in [4.69, 9.17) is 5.73 Å². The molecule has 0 aromatic rings. The molecule has 0 radical (unpaired) electrons. The van der Waals surface area contributed by atoms with Crippen LogP contribution in [0.2, 0.25) is 0 Å². The lowest BCUT2D eigenvalue weighted by atomic mass is 10.3. The predicted molar refractivity (Wildman–Crippen MR) is 60.6 cm³/mol. The molecule has 0 saturated heterocycles. The van der Waals surface area contributed by atoms with Crippen LogP contribution in [0.1, 0.15) is 32.6 Å². The summed E-state index contributed by atoms with van der Waals surface area (Å²) in [7, 11) is -3.29. The van der Waals surface area contributed by atoms with Crippen molar-refractivity contribution in [3.8, 4) is 0 Å². The van der Waals surface area contributed by atoms with Gasteiger partial charge in [0.05, 0.1) is 0 Å². The van der Waals surface area contributed by atoms with Crippen LogP contribution in [-0.4, -0.2) is 38.4 Å². The Morgan fingerprint density at radius 2 is 2.07 bits per heavy atom. The molecule has 0 aromatic carbocycles. The Labute approximate surface area is 92.2 Å². The first-order chi connectivity index (χ1) is 7.10. The van der Waals surface area contributed by atoms with Crippen molar-refractivity contribution in [3.63, 3.8) is 0 Å². The van der Waals surface area contributed by atoms with Crippen LogP contribution in [-0.2, 0) is 10.2 Å². The van der Waals surface area contributed by atoms with Crippen LogP contribution in [0.25, 0.3) is 0 Å². The number of rotatable bonds is 8. The summed E-state index contributed by atoms with van der Waals surface area (Å²) in [6, 6.07) is 0.164. The SMILES string of the molecule is CCCCN(CCN)S(=O)(=O)NC1CC1. The summed E-state index contributed by atoms with van der Waals surface area (Å²) in [5, 5.41) is 0. The van der Waals surface area contributed by atoms with E-state index >= 15 is 0 Å². The first kappa shape index (κ1) is 12.9. The van der Waals surface area contributed by atoms with Crippen LogP contribution in [0.3, 0.4) is 0 Å². The lowest BCUT2D eigenvalue weighted by Crippen LogP contribution is -2.44. The van der Waals surface area contributed by atoms with Gasteiger partial charge >= 0.3 is 0 Å². The summed E-state index contributed by atoms with van der Waals surface area (Å²) in [4.78, 5) is 0. The third-order valence-electron chi connectivity index (χ3n) is 2.37. The highest BCUT2D eigenvalue weighted by Crippen LogP contribution is 2.20. The van der Waals surface area contributed by atoms with E-state index in [2.05, 4.69) is 4.72 Å². The minimum absolute atomic E-state index is 0.164. The van der Waals surface area contributed by atoms with Crippen molar-refractivity contribution >= 4 is 10.2 Å². The molecular weight excluding hydrogens is 214 g/mol. The molecule has 6 heteroatoms. The fourth-order valence-corrected chi connectivity index (χ4v) is 2.84. The van der Waals surface area contributed by atoms with Crippen molar-refractivity contribution in [1.82, 2.24) is 9.03 Å². The fraction of sp³-hybridized carbons (Fsp3) is 1.00. The van der Waals surface area contributed by atoms with Gasteiger partial charge in [-0.15, -0.1) is 0 Å². The van der Waals surface area contributed by atoms with E-state index in [9.17, 15) is 8.42 Å². The van der Waals surface area contributed by atoms with E-state index in [1.54, 1.807) is 0 Å². The molecule has 90 valence electrons. The van der Waals surface area contributed by atoms with Crippen molar-refractivity contribution in [2.75, 3.05) is 19.6 Å². The average molecular weight is 235 g/mol. The fourth-order valence-electron chi connectivity index (χ4n) is 1.32. The minimum Gasteiger partial charge on any atom is -0.329 e. The summed E-state index contributed by atoms with van der Waals surface area (Å²) >= 11 is 0. The molecule has 0 bridgehead atoms. The van der Waals surface area contributed by atoms with E-state index in [0.29, 0.717) is 19.6 Å². The molecule has 1 fully saturated rings. The zero-order chi connectivity index (χ0) is 11.3. The second kappa shape index (κ2) is 5.79. The molecule has 3 N–H and O–H groups in total. The zero-order valence-electron chi connectivity index (χ0n) is 9.28. The van der Waals surface area contributed by atoms with E-state index in [1.807, 2.05) is 6.92 Å². The molecule has 0 atom stereocenters. The molecule has 1 aliphatic rings. The molecule has 0 heterocycles. The number of unbranched alkanes of at least 4 members (excludes halogenated alkanes) is 1. The maximum absolute atomic E-state index is 11.8. The average Bonchev–Trinajstić information content (AvgIpc) is 2.95. The number of hydrogen-bond acceptors (Lipinski definition) is 3. The summed E-state index contributed by atoms with van der Waals surface area (Å²) < 4.78 is 27.8. The third-order valence-corrected chi connectivity index (χ3v) is 4.05. The molecule has 1 saturated carbocycles. The Kier molecular flexibility index (Phi) is 4.98. The predicted octanol–water partition coefficient (Wildman–Crippen LogP) is 0.0440. The van der Waals surface area contributed by atoms with E-state index in [-0.39, 0.29) is 6.04 Å². The van der Waals surface area contributed by atoms with Crippen molar-refractivity contribution in [2.45, 2.75) is 38.6 Å². The van der Waals surface area contributed by atoms with Crippen LogP contribution in [0.4, 0.5) is 0 Å². The highest BCUT2D eigenvalue weighted by Gasteiger charge is 2.30. The van der Waals surface area contributed by atoms with Crippen LogP contribution in [0.15, 0.2) is 0 Å². The summed E-state index contributed by atoms with van der Waals surface area (Å²) in [5.74, 6) is 0. The van der Waals surface area contributed by atoms with Gasteiger partial charge in [-0.2, -0.15) is 17.4 Å². The lowest BCUT2D eigenvalue weighted by Gasteiger charge is -2.21. The van der Waals surface area contributed by atoms with Gasteiger partial charge in [0, 0.05) is 25.7 Å². The molecule has 0 spiro atoms. The van der Waals surface area contributed by atoms with Crippen molar-refractivity contribution in [1.29, 1.82) is 0 Å². The largest absolute Gasteiger partial charge is 0.329 e. The summed E-state index contributed by atoms with van der Waals surface area (Å²) in [6.45, 7) is 3.38. The van der Waals surface area contributed by atoms with Gasteiger partial charge < -0.3 is 5.73 Å². The molecule has 0 unspecified atom stereocenters. The molecule has 0 amide bonds. The van der Waals surface area contributed by atoms with Crippen molar-refractivity contribution in [2.24, 2.45) is 5.73 Å². The second-order valence-corrected chi connectivity index (χ2v) is 5.64. The van der Waals surface area contributed by atoms with Gasteiger partial charge in [0.15, 0.2) is 0 Å². The van der Waals surface area contributed by atoms with Gasteiger partial charge in [-0.1, -0.05) is 13.3 Å². The van der Waals surface area contributed by atoms with E-state index in [1.165, 1.54) is 4.31 Å². The highest BCUT2D eigenvalue weighted by molar-refractivity contribution is 7.87. The Balaban J connectivity index is 2.50. The van der Waals surface area contributed by atoms with E-state index in [0.717, 1.165) is 25.7 Å². The van der Waals surface area contributed by atoms with Gasteiger partial charge in [-0.25, -0.2) is 0 Å². The Morgan fingerprint density at radius 1 is 1.40 bits per heavy atom. The Bertz CT molecular complexity index is 275. The van der Waals surface area contributed by atoms with Gasteiger partial charge in [0.25, 0.3) is 10.2 Å². The Hall–Kier alpha value is -0.170. The van der Waals surface area contributed by atoms with Crippen LogP contribution in [0.5, 0.6) is 0 Å². The van der Waals surface area contributed by atoms with Crippen LogP contribution >= 0.6 is 0 Å². The third kappa shape index (κ3) is 4.46. The smallest absolute Gasteiger partial charge is 0.279 e. The second-order valence-electron chi connectivity index (χ2n) is 3.94. The monoisotopic (exact) mass is 235 g/mol. The molecule has 0 aliphatic heterocycles. The number of nitrogens with one attached hydrogen (secondary N) is 1.